The van der Waals surface area contributed by atoms with Crippen molar-refractivity contribution >= 4 is 9.28 Å². The molecule has 0 aromatic carbocycles. The van der Waals surface area contributed by atoms with Gasteiger partial charge >= 0.3 is 9.28 Å². The standard InChI is InChI=1S/C15H32O5Si/c1-6-15(20-13(3)21(16-4)17-5)12(2)8-7-9-18-10-14-11-19-14/h12-15,21H,6-11H2,1-5H3. The molecule has 4 atom stereocenters. The van der Waals surface area contributed by atoms with Crippen LogP contribution in [0.15, 0.2) is 0 Å². The lowest BCUT2D eigenvalue weighted by Crippen LogP contribution is -2.39. The molecule has 0 N–H and O–H groups in total. The van der Waals surface area contributed by atoms with Crippen molar-refractivity contribution in [3.63, 3.8) is 0 Å². The molecule has 21 heavy (non-hydrogen) atoms. The predicted molar refractivity (Wildman–Crippen MR) is 84.8 cm³/mol. The van der Waals surface area contributed by atoms with Crippen molar-refractivity contribution in [3.8, 4) is 0 Å². The second-order valence-electron chi connectivity index (χ2n) is 5.78. The Balaban J connectivity index is 2.18. The molecule has 0 aromatic heterocycles. The maximum atomic E-state index is 6.16. The van der Waals surface area contributed by atoms with Gasteiger partial charge in [-0.15, -0.1) is 0 Å². The van der Waals surface area contributed by atoms with Crippen LogP contribution in [-0.2, 0) is 23.1 Å². The first kappa shape index (κ1) is 19.1. The van der Waals surface area contributed by atoms with E-state index in [1.807, 2.05) is 0 Å². The van der Waals surface area contributed by atoms with Crippen molar-refractivity contribution in [2.24, 2.45) is 5.92 Å². The molecule has 1 fully saturated rings. The third-order valence-electron chi connectivity index (χ3n) is 3.93. The summed E-state index contributed by atoms with van der Waals surface area (Å²) >= 11 is 0. The molecule has 4 unspecified atom stereocenters. The van der Waals surface area contributed by atoms with E-state index in [1.165, 1.54) is 0 Å². The highest BCUT2D eigenvalue weighted by molar-refractivity contribution is 6.45. The Kier molecular flexibility index (Phi) is 9.71. The fourth-order valence-corrected chi connectivity index (χ4v) is 3.81. The number of hydrogen-bond donors (Lipinski definition) is 0. The normalized spacial score (nSPS) is 22.3. The summed E-state index contributed by atoms with van der Waals surface area (Å²) < 4.78 is 27.6. The van der Waals surface area contributed by atoms with Crippen molar-refractivity contribution in [1.82, 2.24) is 0 Å². The number of hydrogen-bond acceptors (Lipinski definition) is 5. The average Bonchev–Trinajstić information content (AvgIpc) is 3.29. The second kappa shape index (κ2) is 10.7. The minimum absolute atomic E-state index is 0.0654. The Morgan fingerprint density at radius 2 is 1.90 bits per heavy atom. The molecule has 0 bridgehead atoms. The van der Waals surface area contributed by atoms with E-state index < -0.39 is 9.28 Å². The molecule has 1 aliphatic heterocycles. The minimum Gasteiger partial charge on any atom is -0.398 e. The molecular weight excluding hydrogens is 288 g/mol. The van der Waals surface area contributed by atoms with Crippen LogP contribution in [0.4, 0.5) is 0 Å². The van der Waals surface area contributed by atoms with Gasteiger partial charge in [-0.3, -0.25) is 0 Å². The fourth-order valence-electron chi connectivity index (χ4n) is 2.52. The zero-order chi connectivity index (χ0) is 15.7. The van der Waals surface area contributed by atoms with Crippen LogP contribution in [0.2, 0.25) is 0 Å². The fraction of sp³-hybridized carbons (Fsp3) is 1.00. The zero-order valence-electron chi connectivity index (χ0n) is 14.2. The van der Waals surface area contributed by atoms with Gasteiger partial charge in [0.1, 0.15) is 6.10 Å². The first-order chi connectivity index (χ1) is 10.1. The van der Waals surface area contributed by atoms with Crippen LogP contribution in [0.3, 0.4) is 0 Å². The van der Waals surface area contributed by atoms with Crippen LogP contribution in [0.1, 0.15) is 40.0 Å². The molecule has 126 valence electrons. The largest absolute Gasteiger partial charge is 0.398 e. The van der Waals surface area contributed by atoms with E-state index in [0.717, 1.165) is 39.1 Å². The SMILES string of the molecule is CCC(OC(C)[SiH](OC)OC)C(C)CCCOCC1CO1. The lowest BCUT2D eigenvalue weighted by atomic mass is 9.97. The predicted octanol–water partition coefficient (Wildman–Crippen LogP) is 2.05. The van der Waals surface area contributed by atoms with Gasteiger partial charge in [0.25, 0.3) is 0 Å². The summed E-state index contributed by atoms with van der Waals surface area (Å²) in [4.78, 5) is 0. The Morgan fingerprint density at radius 3 is 2.43 bits per heavy atom. The zero-order valence-corrected chi connectivity index (χ0v) is 15.3. The molecule has 0 spiro atoms. The van der Waals surface area contributed by atoms with E-state index >= 15 is 0 Å². The number of rotatable bonds is 13. The first-order valence-electron chi connectivity index (χ1n) is 8.02. The van der Waals surface area contributed by atoms with Crippen LogP contribution in [0.5, 0.6) is 0 Å². The Bertz CT molecular complexity index is 258. The monoisotopic (exact) mass is 320 g/mol. The lowest BCUT2D eigenvalue weighted by Gasteiger charge is -2.28. The van der Waals surface area contributed by atoms with Gasteiger partial charge < -0.3 is 23.1 Å². The van der Waals surface area contributed by atoms with E-state index in [1.54, 1.807) is 14.2 Å². The molecule has 0 amide bonds. The third kappa shape index (κ3) is 7.72. The molecule has 0 radical (unpaired) electrons. The van der Waals surface area contributed by atoms with Gasteiger partial charge in [-0.25, -0.2) is 0 Å². The summed E-state index contributed by atoms with van der Waals surface area (Å²) in [6, 6.07) is 0. The molecule has 6 heteroatoms. The van der Waals surface area contributed by atoms with Gasteiger partial charge in [0, 0.05) is 20.8 Å². The molecule has 1 heterocycles. The van der Waals surface area contributed by atoms with Gasteiger partial charge in [0.15, 0.2) is 0 Å². The highest BCUT2D eigenvalue weighted by Crippen LogP contribution is 2.20. The smallest absolute Gasteiger partial charge is 0.350 e. The number of epoxide rings is 1. The number of ether oxygens (including phenoxy) is 3. The molecule has 0 aliphatic carbocycles. The van der Waals surface area contributed by atoms with Gasteiger partial charge in [0.05, 0.1) is 25.0 Å². The van der Waals surface area contributed by atoms with Crippen LogP contribution in [0.25, 0.3) is 0 Å². The summed E-state index contributed by atoms with van der Waals surface area (Å²) in [5.74, 6) is 0.515. The van der Waals surface area contributed by atoms with Crippen molar-refractivity contribution in [2.75, 3.05) is 34.0 Å². The Hall–Kier alpha value is 0.0169. The molecular formula is C15H32O5Si. The van der Waals surface area contributed by atoms with Crippen molar-refractivity contribution in [2.45, 2.75) is 58.0 Å². The van der Waals surface area contributed by atoms with Crippen molar-refractivity contribution < 1.29 is 23.1 Å². The van der Waals surface area contributed by atoms with Crippen LogP contribution >= 0.6 is 0 Å². The van der Waals surface area contributed by atoms with Crippen LogP contribution in [-0.4, -0.2) is 61.3 Å². The second-order valence-corrected chi connectivity index (χ2v) is 8.40. The molecule has 1 aliphatic rings. The van der Waals surface area contributed by atoms with Gasteiger partial charge in [0.2, 0.25) is 0 Å². The van der Waals surface area contributed by atoms with Gasteiger partial charge in [-0.05, 0) is 32.1 Å². The maximum Gasteiger partial charge on any atom is 0.350 e. The summed E-state index contributed by atoms with van der Waals surface area (Å²) in [6.45, 7) is 8.89. The summed E-state index contributed by atoms with van der Waals surface area (Å²) in [7, 11) is 1.70. The van der Waals surface area contributed by atoms with Crippen molar-refractivity contribution in [3.05, 3.63) is 0 Å². The summed E-state index contributed by atoms with van der Waals surface area (Å²) in [5, 5.41) is 0. The average molecular weight is 321 g/mol. The summed E-state index contributed by atoms with van der Waals surface area (Å²) in [5.41, 5.74) is 0.0654. The van der Waals surface area contributed by atoms with Gasteiger partial charge in [-0.2, -0.15) is 0 Å². The van der Waals surface area contributed by atoms with Crippen molar-refractivity contribution in [1.29, 1.82) is 0 Å². The Labute approximate surface area is 131 Å². The minimum atomic E-state index is -1.70. The first-order valence-corrected chi connectivity index (χ1v) is 9.63. The molecule has 0 saturated carbocycles. The van der Waals surface area contributed by atoms with E-state index in [2.05, 4.69) is 20.8 Å². The van der Waals surface area contributed by atoms with E-state index in [-0.39, 0.29) is 11.8 Å². The third-order valence-corrected chi connectivity index (χ3v) is 5.78. The van der Waals surface area contributed by atoms with E-state index in [4.69, 9.17) is 23.1 Å². The quantitative estimate of drug-likeness (QED) is 0.295. The molecule has 1 rings (SSSR count). The van der Waals surface area contributed by atoms with Crippen LogP contribution < -0.4 is 0 Å². The Morgan fingerprint density at radius 1 is 1.24 bits per heavy atom. The van der Waals surface area contributed by atoms with Crippen LogP contribution in [0, 0.1) is 5.92 Å². The van der Waals surface area contributed by atoms with Gasteiger partial charge in [-0.1, -0.05) is 13.8 Å². The van der Waals surface area contributed by atoms with E-state index in [9.17, 15) is 0 Å². The highest BCUT2D eigenvalue weighted by atomic mass is 28.3. The highest BCUT2D eigenvalue weighted by Gasteiger charge is 2.26. The van der Waals surface area contributed by atoms with E-state index in [0.29, 0.717) is 12.0 Å². The maximum absolute atomic E-state index is 6.16. The molecule has 1 saturated heterocycles. The lowest BCUT2D eigenvalue weighted by molar-refractivity contribution is -0.0191. The summed E-state index contributed by atoms with van der Waals surface area (Å²) in [6.07, 6.45) is 3.81. The molecule has 0 aromatic rings. The molecule has 5 nitrogen and oxygen atoms in total. The topological polar surface area (TPSA) is 49.5 Å².